The highest BCUT2D eigenvalue weighted by Gasteiger charge is 2.33. The third-order valence-corrected chi connectivity index (χ3v) is 4.93. The average molecular weight is 287 g/mol. The number of fused-ring (bicyclic) bond motifs is 1. The summed E-state index contributed by atoms with van der Waals surface area (Å²) >= 11 is 0. The summed E-state index contributed by atoms with van der Waals surface area (Å²) in [5, 5.41) is 0. The van der Waals surface area contributed by atoms with Crippen molar-refractivity contribution in [1.29, 1.82) is 0 Å². The fraction of sp³-hybridized carbons (Fsp3) is 0.588. The molecule has 0 amide bonds. The SMILES string of the molecule is CC(=O)c1ccc(N2CC3CCCCN3CC2C)cc1N. The van der Waals surface area contributed by atoms with Crippen LogP contribution in [0.25, 0.3) is 0 Å². The number of nitrogens with two attached hydrogens (primary N) is 1. The van der Waals surface area contributed by atoms with Crippen LogP contribution in [0, 0.1) is 0 Å². The number of nitrogen functional groups attached to an aromatic ring is 1. The van der Waals surface area contributed by atoms with Crippen LogP contribution < -0.4 is 10.6 Å². The van der Waals surface area contributed by atoms with Crippen LogP contribution in [0.5, 0.6) is 0 Å². The number of piperidine rings is 1. The molecule has 2 heterocycles. The standard InChI is InChI=1S/C17H25N3O/c1-12-10-19-8-4-3-5-15(19)11-20(12)14-6-7-16(13(2)21)17(18)9-14/h6-7,9,12,15H,3-5,8,10-11,18H2,1-2H3. The van der Waals surface area contributed by atoms with E-state index in [2.05, 4.69) is 16.7 Å². The van der Waals surface area contributed by atoms with E-state index in [4.69, 9.17) is 5.73 Å². The molecule has 114 valence electrons. The highest BCUT2D eigenvalue weighted by Crippen LogP contribution is 2.30. The minimum Gasteiger partial charge on any atom is -0.398 e. The molecule has 0 bridgehead atoms. The van der Waals surface area contributed by atoms with Gasteiger partial charge in [-0.3, -0.25) is 9.69 Å². The molecule has 2 unspecified atom stereocenters. The van der Waals surface area contributed by atoms with Gasteiger partial charge in [-0.25, -0.2) is 0 Å². The van der Waals surface area contributed by atoms with Crippen molar-refractivity contribution in [3.8, 4) is 0 Å². The number of benzene rings is 1. The molecule has 2 N–H and O–H groups in total. The van der Waals surface area contributed by atoms with Gasteiger partial charge in [0.1, 0.15) is 0 Å². The molecule has 1 aromatic rings. The number of rotatable bonds is 2. The monoisotopic (exact) mass is 287 g/mol. The molecule has 21 heavy (non-hydrogen) atoms. The smallest absolute Gasteiger partial charge is 0.161 e. The highest BCUT2D eigenvalue weighted by molar-refractivity contribution is 5.99. The number of carbonyl (C=O) groups excluding carboxylic acids is 1. The van der Waals surface area contributed by atoms with Crippen LogP contribution in [0.15, 0.2) is 18.2 Å². The van der Waals surface area contributed by atoms with Crippen LogP contribution in [-0.2, 0) is 0 Å². The van der Waals surface area contributed by atoms with Crippen molar-refractivity contribution >= 4 is 17.2 Å². The van der Waals surface area contributed by atoms with Crippen molar-refractivity contribution in [1.82, 2.24) is 4.90 Å². The van der Waals surface area contributed by atoms with Crippen molar-refractivity contribution in [3.05, 3.63) is 23.8 Å². The van der Waals surface area contributed by atoms with E-state index >= 15 is 0 Å². The van der Waals surface area contributed by atoms with Crippen LogP contribution in [0.3, 0.4) is 0 Å². The van der Waals surface area contributed by atoms with E-state index in [0.29, 0.717) is 23.3 Å². The number of hydrogen-bond acceptors (Lipinski definition) is 4. The van der Waals surface area contributed by atoms with E-state index in [9.17, 15) is 4.79 Å². The first kappa shape index (κ1) is 14.4. The van der Waals surface area contributed by atoms with Crippen molar-refractivity contribution in [2.24, 2.45) is 0 Å². The van der Waals surface area contributed by atoms with E-state index in [1.54, 1.807) is 6.92 Å². The van der Waals surface area contributed by atoms with Gasteiger partial charge < -0.3 is 10.6 Å². The first-order chi connectivity index (χ1) is 10.1. The summed E-state index contributed by atoms with van der Waals surface area (Å²) < 4.78 is 0. The quantitative estimate of drug-likeness (QED) is 0.671. The van der Waals surface area contributed by atoms with Crippen molar-refractivity contribution in [2.75, 3.05) is 30.3 Å². The molecule has 0 saturated carbocycles. The Bertz CT molecular complexity index is 543. The summed E-state index contributed by atoms with van der Waals surface area (Å²) in [7, 11) is 0. The number of nitrogens with zero attached hydrogens (tertiary/aromatic N) is 2. The lowest BCUT2D eigenvalue weighted by Gasteiger charge is -2.48. The molecule has 4 heteroatoms. The predicted molar refractivity (Wildman–Crippen MR) is 86.9 cm³/mol. The summed E-state index contributed by atoms with van der Waals surface area (Å²) in [6.07, 6.45) is 3.97. The zero-order chi connectivity index (χ0) is 15.0. The largest absolute Gasteiger partial charge is 0.398 e. The minimum atomic E-state index is 0.0317. The third-order valence-electron chi connectivity index (χ3n) is 4.93. The first-order valence-electron chi connectivity index (χ1n) is 7.97. The van der Waals surface area contributed by atoms with Gasteiger partial charge in [-0.1, -0.05) is 6.42 Å². The molecule has 0 aromatic heterocycles. The van der Waals surface area contributed by atoms with Gasteiger partial charge in [0, 0.05) is 42.1 Å². The Labute approximate surface area is 126 Å². The van der Waals surface area contributed by atoms with Gasteiger partial charge in [-0.05, 0) is 51.4 Å². The summed E-state index contributed by atoms with van der Waals surface area (Å²) in [5.41, 5.74) is 8.42. The number of piperazine rings is 1. The van der Waals surface area contributed by atoms with Crippen molar-refractivity contribution in [2.45, 2.75) is 45.2 Å². The topological polar surface area (TPSA) is 49.6 Å². The minimum absolute atomic E-state index is 0.0317. The fourth-order valence-corrected chi connectivity index (χ4v) is 3.76. The number of carbonyl (C=O) groups is 1. The van der Waals surface area contributed by atoms with E-state index < -0.39 is 0 Å². The van der Waals surface area contributed by atoms with E-state index in [1.165, 1.54) is 25.8 Å². The average Bonchev–Trinajstić information content (AvgIpc) is 2.46. The molecule has 0 spiro atoms. The maximum absolute atomic E-state index is 11.5. The lowest BCUT2D eigenvalue weighted by Crippen LogP contribution is -2.58. The second-order valence-electron chi connectivity index (χ2n) is 6.47. The van der Waals surface area contributed by atoms with Gasteiger partial charge in [0.15, 0.2) is 5.78 Å². The Morgan fingerprint density at radius 3 is 2.81 bits per heavy atom. The Balaban J connectivity index is 1.82. The van der Waals surface area contributed by atoms with Crippen LogP contribution in [0.2, 0.25) is 0 Å². The molecule has 2 atom stereocenters. The maximum Gasteiger partial charge on any atom is 0.161 e. The van der Waals surface area contributed by atoms with Crippen molar-refractivity contribution in [3.63, 3.8) is 0 Å². The molecule has 2 aliphatic rings. The van der Waals surface area contributed by atoms with Crippen LogP contribution in [0.4, 0.5) is 11.4 Å². The predicted octanol–water partition coefficient (Wildman–Crippen LogP) is 2.53. The summed E-state index contributed by atoms with van der Waals surface area (Å²) in [6, 6.07) is 7.03. The second kappa shape index (κ2) is 5.68. The molecule has 4 nitrogen and oxygen atoms in total. The van der Waals surface area contributed by atoms with Crippen molar-refractivity contribution < 1.29 is 4.79 Å². The second-order valence-corrected chi connectivity index (χ2v) is 6.47. The van der Waals surface area contributed by atoms with Crippen LogP contribution in [-0.4, -0.2) is 42.4 Å². The number of hydrogen-bond donors (Lipinski definition) is 1. The Morgan fingerprint density at radius 2 is 2.10 bits per heavy atom. The summed E-state index contributed by atoms with van der Waals surface area (Å²) in [6.45, 7) is 7.28. The molecule has 1 aromatic carbocycles. The molecule has 2 aliphatic heterocycles. The van der Waals surface area contributed by atoms with Gasteiger partial charge in [0.2, 0.25) is 0 Å². The molecule has 2 fully saturated rings. The molecule has 0 radical (unpaired) electrons. The van der Waals surface area contributed by atoms with Gasteiger partial charge in [-0.15, -0.1) is 0 Å². The van der Waals surface area contributed by atoms with Crippen LogP contribution >= 0.6 is 0 Å². The number of anilines is 2. The van der Waals surface area contributed by atoms with E-state index in [-0.39, 0.29) is 5.78 Å². The molecule has 0 aliphatic carbocycles. The Kier molecular flexibility index (Phi) is 3.89. The fourth-order valence-electron chi connectivity index (χ4n) is 3.76. The molecule has 2 saturated heterocycles. The van der Waals surface area contributed by atoms with E-state index in [1.807, 2.05) is 18.2 Å². The van der Waals surface area contributed by atoms with Gasteiger partial charge >= 0.3 is 0 Å². The number of ketones is 1. The normalized spacial score (nSPS) is 26.5. The van der Waals surface area contributed by atoms with Gasteiger partial charge in [-0.2, -0.15) is 0 Å². The zero-order valence-corrected chi connectivity index (χ0v) is 13.0. The summed E-state index contributed by atoms with van der Waals surface area (Å²) in [5.74, 6) is 0.0317. The lowest BCUT2D eigenvalue weighted by molar-refractivity contribution is 0.101. The maximum atomic E-state index is 11.5. The summed E-state index contributed by atoms with van der Waals surface area (Å²) in [4.78, 5) is 16.6. The van der Waals surface area contributed by atoms with Crippen LogP contribution in [0.1, 0.15) is 43.5 Å². The molecular weight excluding hydrogens is 262 g/mol. The van der Waals surface area contributed by atoms with Gasteiger partial charge in [0.25, 0.3) is 0 Å². The lowest BCUT2D eigenvalue weighted by atomic mass is 9.96. The highest BCUT2D eigenvalue weighted by atomic mass is 16.1. The Morgan fingerprint density at radius 1 is 1.29 bits per heavy atom. The molecule has 3 rings (SSSR count). The van der Waals surface area contributed by atoms with Gasteiger partial charge in [0.05, 0.1) is 0 Å². The third kappa shape index (κ3) is 2.77. The zero-order valence-electron chi connectivity index (χ0n) is 13.0. The van der Waals surface area contributed by atoms with E-state index in [0.717, 1.165) is 18.8 Å². The number of Topliss-reactive ketones (excluding diaryl/α,β-unsaturated/α-hetero) is 1. The first-order valence-corrected chi connectivity index (χ1v) is 7.97. The Hall–Kier alpha value is -1.55. The molecular formula is C17H25N3O.